The highest BCUT2D eigenvalue weighted by Crippen LogP contribution is 2.55. The van der Waals surface area contributed by atoms with Crippen molar-refractivity contribution in [1.29, 1.82) is 0 Å². The van der Waals surface area contributed by atoms with Crippen molar-refractivity contribution in [3.05, 3.63) is 130 Å². The molecule has 0 unspecified atom stereocenters. The molecule has 0 spiro atoms. The van der Waals surface area contributed by atoms with Gasteiger partial charge in [-0.1, -0.05) is 84.9 Å². The molecule has 4 aromatic carbocycles. The third-order valence-electron chi connectivity index (χ3n) is 6.52. The van der Waals surface area contributed by atoms with Crippen LogP contribution < -0.4 is 4.74 Å². The molecule has 34 heavy (non-hydrogen) atoms. The minimum atomic E-state index is -0.476. The molecule has 0 fully saturated rings. The summed E-state index contributed by atoms with van der Waals surface area (Å²) in [6.07, 6.45) is 0. The molecule has 172 valence electrons. The molecule has 5 rings (SSSR count). The number of ether oxygens (including phenoxy) is 1. The number of hydrogen-bond donors (Lipinski definition) is 0. The zero-order valence-electron chi connectivity index (χ0n) is 20.5. The molecule has 4 aromatic rings. The van der Waals surface area contributed by atoms with Gasteiger partial charge in [0.1, 0.15) is 11.5 Å². The molecule has 1 aliphatic rings. The lowest BCUT2D eigenvalue weighted by atomic mass is 9.63. The summed E-state index contributed by atoms with van der Waals surface area (Å²) in [4.78, 5) is 4.44. The molecule has 0 amide bonds. The van der Waals surface area contributed by atoms with Crippen molar-refractivity contribution in [1.82, 2.24) is 9.80 Å². The maximum atomic E-state index is 6.45. The maximum Gasteiger partial charge on any atom is 0.132 e. The van der Waals surface area contributed by atoms with Crippen LogP contribution in [-0.4, -0.2) is 38.0 Å². The van der Waals surface area contributed by atoms with Crippen LogP contribution in [0.15, 0.2) is 97.1 Å². The summed E-state index contributed by atoms with van der Waals surface area (Å²) in [7, 11) is 8.47. The van der Waals surface area contributed by atoms with Crippen LogP contribution in [0, 0.1) is 0 Å². The van der Waals surface area contributed by atoms with Gasteiger partial charge in [0.2, 0.25) is 0 Å². The smallest absolute Gasteiger partial charge is 0.132 e. The minimum absolute atomic E-state index is 0.476. The van der Waals surface area contributed by atoms with Gasteiger partial charge in [-0.25, -0.2) is 0 Å². The Morgan fingerprint density at radius 3 is 1.44 bits per heavy atom. The van der Waals surface area contributed by atoms with Crippen molar-refractivity contribution in [2.75, 3.05) is 28.2 Å². The average molecular weight is 449 g/mol. The summed E-state index contributed by atoms with van der Waals surface area (Å²) < 4.78 is 6.45. The molecule has 0 bridgehead atoms. The Bertz CT molecular complexity index is 1210. The van der Waals surface area contributed by atoms with E-state index >= 15 is 0 Å². The molecule has 0 aromatic heterocycles. The summed E-state index contributed by atoms with van der Waals surface area (Å²) in [5.74, 6) is 1.83. The highest BCUT2D eigenvalue weighted by molar-refractivity contribution is 5.69. The van der Waals surface area contributed by atoms with Crippen molar-refractivity contribution in [2.24, 2.45) is 0 Å². The van der Waals surface area contributed by atoms with Gasteiger partial charge < -0.3 is 14.5 Å². The molecule has 0 saturated heterocycles. The van der Waals surface area contributed by atoms with Gasteiger partial charge >= 0.3 is 0 Å². The Morgan fingerprint density at radius 2 is 1.00 bits per heavy atom. The summed E-state index contributed by atoms with van der Waals surface area (Å²) in [5, 5.41) is 0. The molecule has 3 heteroatoms. The fraction of sp³-hybridized carbons (Fsp3) is 0.226. The molecular formula is C31H32N2O. The van der Waals surface area contributed by atoms with E-state index in [1.807, 2.05) is 0 Å². The highest BCUT2D eigenvalue weighted by atomic mass is 16.5. The SMILES string of the molecule is CN(C)Cc1cccc(C2(c3cccc(CN(C)C)c3)c3ccccc3Oc3ccccc32)c1. The second-order valence-electron chi connectivity index (χ2n) is 9.72. The Kier molecular flexibility index (Phi) is 5.99. The fourth-order valence-corrected chi connectivity index (χ4v) is 5.32. The van der Waals surface area contributed by atoms with Crippen molar-refractivity contribution < 1.29 is 4.74 Å². The van der Waals surface area contributed by atoms with E-state index in [1.165, 1.54) is 33.4 Å². The summed E-state index contributed by atoms with van der Waals surface area (Å²) in [6, 6.07) is 35.1. The number of benzene rings is 4. The second kappa shape index (κ2) is 9.09. The van der Waals surface area contributed by atoms with E-state index in [1.54, 1.807) is 0 Å². The van der Waals surface area contributed by atoms with Crippen molar-refractivity contribution in [3.63, 3.8) is 0 Å². The Labute approximate surface area is 203 Å². The van der Waals surface area contributed by atoms with Gasteiger partial charge in [-0.3, -0.25) is 0 Å². The third kappa shape index (κ3) is 3.91. The maximum absolute atomic E-state index is 6.45. The normalized spacial score (nSPS) is 13.9. The molecule has 3 nitrogen and oxygen atoms in total. The fourth-order valence-electron chi connectivity index (χ4n) is 5.32. The van der Waals surface area contributed by atoms with E-state index in [-0.39, 0.29) is 0 Å². The predicted octanol–water partition coefficient (Wildman–Crippen LogP) is 6.30. The first kappa shape index (κ1) is 22.4. The molecule has 0 radical (unpaired) electrons. The molecule has 1 aliphatic heterocycles. The van der Waals surface area contributed by atoms with E-state index in [2.05, 4.69) is 135 Å². The number of fused-ring (bicyclic) bond motifs is 2. The van der Waals surface area contributed by atoms with Gasteiger partial charge in [0, 0.05) is 24.2 Å². The van der Waals surface area contributed by atoms with Crippen LogP contribution in [0.2, 0.25) is 0 Å². The molecule has 0 aliphatic carbocycles. The molecule has 0 atom stereocenters. The van der Waals surface area contributed by atoms with E-state index in [0.29, 0.717) is 0 Å². The first-order chi connectivity index (χ1) is 16.5. The molecular weight excluding hydrogens is 416 g/mol. The van der Waals surface area contributed by atoms with Gasteiger partial charge in [-0.05, 0) is 62.6 Å². The highest BCUT2D eigenvalue weighted by Gasteiger charge is 2.45. The topological polar surface area (TPSA) is 15.7 Å². The van der Waals surface area contributed by atoms with Gasteiger partial charge in [0.25, 0.3) is 0 Å². The Hall–Kier alpha value is -3.40. The quantitative estimate of drug-likeness (QED) is 0.303. The molecule has 0 N–H and O–H groups in total. The van der Waals surface area contributed by atoms with Gasteiger partial charge in [0.15, 0.2) is 0 Å². The van der Waals surface area contributed by atoms with Crippen LogP contribution in [0.4, 0.5) is 0 Å². The Morgan fingerprint density at radius 1 is 0.559 bits per heavy atom. The van der Waals surface area contributed by atoms with E-state index in [9.17, 15) is 0 Å². The van der Waals surface area contributed by atoms with Crippen LogP contribution in [0.3, 0.4) is 0 Å². The zero-order valence-corrected chi connectivity index (χ0v) is 20.5. The number of hydrogen-bond acceptors (Lipinski definition) is 3. The minimum Gasteiger partial charge on any atom is -0.457 e. The van der Waals surface area contributed by atoms with Crippen LogP contribution in [0.5, 0.6) is 11.5 Å². The zero-order chi connectivity index (χ0) is 23.7. The predicted molar refractivity (Wildman–Crippen MR) is 140 cm³/mol. The van der Waals surface area contributed by atoms with E-state index in [0.717, 1.165) is 24.6 Å². The first-order valence-corrected chi connectivity index (χ1v) is 11.8. The van der Waals surface area contributed by atoms with E-state index in [4.69, 9.17) is 4.74 Å². The van der Waals surface area contributed by atoms with Crippen LogP contribution in [0.25, 0.3) is 0 Å². The van der Waals surface area contributed by atoms with Crippen molar-refractivity contribution in [2.45, 2.75) is 18.5 Å². The molecule has 0 saturated carbocycles. The van der Waals surface area contributed by atoms with Gasteiger partial charge in [-0.15, -0.1) is 0 Å². The summed E-state index contributed by atoms with van der Waals surface area (Å²) in [5.41, 5.74) is 7.00. The summed E-state index contributed by atoms with van der Waals surface area (Å²) >= 11 is 0. The Balaban J connectivity index is 1.86. The van der Waals surface area contributed by atoms with Crippen LogP contribution >= 0.6 is 0 Å². The number of rotatable bonds is 6. The third-order valence-corrected chi connectivity index (χ3v) is 6.52. The van der Waals surface area contributed by atoms with E-state index < -0.39 is 5.41 Å². The lowest BCUT2D eigenvalue weighted by molar-refractivity contribution is 0.401. The second-order valence-corrected chi connectivity index (χ2v) is 9.72. The lowest BCUT2D eigenvalue weighted by Gasteiger charge is -2.42. The first-order valence-electron chi connectivity index (χ1n) is 11.8. The average Bonchev–Trinajstić information content (AvgIpc) is 2.82. The standard InChI is InChI=1S/C31H32N2O/c1-32(2)21-23-11-9-13-25(19-23)31(26-14-10-12-24(20-26)22-33(3)4)27-15-5-7-17-29(27)34-30-18-8-6-16-28(30)31/h5-20H,21-22H2,1-4H3. The largest absolute Gasteiger partial charge is 0.457 e. The monoisotopic (exact) mass is 448 g/mol. The van der Waals surface area contributed by atoms with Crippen molar-refractivity contribution in [3.8, 4) is 11.5 Å². The van der Waals surface area contributed by atoms with Crippen molar-refractivity contribution >= 4 is 0 Å². The number of nitrogens with zero attached hydrogens (tertiary/aromatic N) is 2. The van der Waals surface area contributed by atoms with Crippen LogP contribution in [-0.2, 0) is 18.5 Å². The van der Waals surface area contributed by atoms with Gasteiger partial charge in [0.05, 0.1) is 5.41 Å². The molecule has 1 heterocycles. The van der Waals surface area contributed by atoms with Gasteiger partial charge in [-0.2, -0.15) is 0 Å². The lowest BCUT2D eigenvalue weighted by Crippen LogP contribution is -2.34. The summed E-state index contributed by atoms with van der Waals surface area (Å²) in [6.45, 7) is 1.79. The van der Waals surface area contributed by atoms with Crippen LogP contribution in [0.1, 0.15) is 33.4 Å². The number of para-hydroxylation sites is 2.